The van der Waals surface area contributed by atoms with E-state index in [9.17, 15) is 14.4 Å². The lowest BCUT2D eigenvalue weighted by Crippen LogP contribution is -2.43. The number of nitrogens with one attached hydrogen (secondary N) is 1. The summed E-state index contributed by atoms with van der Waals surface area (Å²) in [5.74, 6) is -0.412. The molecule has 7 nitrogen and oxygen atoms in total. The van der Waals surface area contributed by atoms with Crippen molar-refractivity contribution in [3.8, 4) is 0 Å². The van der Waals surface area contributed by atoms with Crippen molar-refractivity contribution in [1.29, 1.82) is 0 Å². The topological polar surface area (TPSA) is 84.3 Å². The molecule has 1 fully saturated rings. The number of benzene rings is 2. The highest BCUT2D eigenvalue weighted by atomic mass is 35.5. The van der Waals surface area contributed by atoms with E-state index in [2.05, 4.69) is 10.3 Å². The van der Waals surface area contributed by atoms with Gasteiger partial charge in [0.2, 0.25) is 11.7 Å². The van der Waals surface area contributed by atoms with Crippen LogP contribution in [0.2, 0.25) is 10.0 Å². The maximum Gasteiger partial charge on any atom is 0.254 e. The molecule has 1 aliphatic heterocycles. The summed E-state index contributed by atoms with van der Waals surface area (Å²) in [5, 5.41) is 3.50. The molecule has 4 rings (SSSR count). The average molecular weight is 471 g/mol. The minimum atomic E-state index is -0.592. The van der Waals surface area contributed by atoms with Crippen molar-refractivity contribution in [2.75, 3.05) is 11.9 Å². The van der Waals surface area contributed by atoms with Crippen LogP contribution in [0.1, 0.15) is 39.4 Å². The Balaban J connectivity index is 1.44. The van der Waals surface area contributed by atoms with Crippen LogP contribution in [0.3, 0.4) is 0 Å². The second-order valence-corrected chi connectivity index (χ2v) is 8.36. The summed E-state index contributed by atoms with van der Waals surface area (Å²) in [6, 6.07) is 10.7. The van der Waals surface area contributed by atoms with Gasteiger partial charge >= 0.3 is 0 Å². The third-order valence-electron chi connectivity index (χ3n) is 5.42. The number of carbonyl (C=O) groups excluding carboxylic acids is 3. The van der Waals surface area contributed by atoms with Gasteiger partial charge in [0.25, 0.3) is 5.91 Å². The fourth-order valence-electron chi connectivity index (χ4n) is 3.72. The van der Waals surface area contributed by atoms with Gasteiger partial charge in [-0.2, -0.15) is 0 Å². The summed E-state index contributed by atoms with van der Waals surface area (Å²) in [6.07, 6.45) is 4.56. The van der Waals surface area contributed by atoms with Crippen molar-refractivity contribution in [3.63, 3.8) is 0 Å². The van der Waals surface area contributed by atoms with E-state index in [4.69, 9.17) is 23.2 Å². The first-order valence-electron chi connectivity index (χ1n) is 10.0. The van der Waals surface area contributed by atoms with Gasteiger partial charge < -0.3 is 14.8 Å². The van der Waals surface area contributed by atoms with E-state index in [1.807, 2.05) is 0 Å². The molecule has 1 N–H and O–H groups in total. The number of hydrogen-bond acceptors (Lipinski definition) is 4. The Bertz CT molecular complexity index is 1190. The van der Waals surface area contributed by atoms with Gasteiger partial charge in [-0.25, -0.2) is 4.98 Å². The second-order valence-electron chi connectivity index (χ2n) is 7.54. The zero-order valence-electron chi connectivity index (χ0n) is 17.2. The summed E-state index contributed by atoms with van der Waals surface area (Å²) >= 11 is 12.0. The van der Waals surface area contributed by atoms with Gasteiger partial charge in [-0.1, -0.05) is 23.2 Å². The zero-order valence-corrected chi connectivity index (χ0v) is 18.7. The van der Waals surface area contributed by atoms with Crippen molar-refractivity contribution in [1.82, 2.24) is 14.5 Å². The molecule has 0 aliphatic carbocycles. The number of aryl methyl sites for hydroxylation is 1. The third-order valence-corrected chi connectivity index (χ3v) is 6.16. The van der Waals surface area contributed by atoms with Gasteiger partial charge in [-0.3, -0.25) is 14.4 Å². The largest absolute Gasteiger partial charge is 0.331 e. The summed E-state index contributed by atoms with van der Waals surface area (Å²) in [4.78, 5) is 44.0. The van der Waals surface area contributed by atoms with Gasteiger partial charge in [-0.05, 0) is 55.3 Å². The molecule has 0 spiro atoms. The Kier molecular flexibility index (Phi) is 6.30. The number of aromatic nitrogens is 2. The van der Waals surface area contributed by atoms with Crippen LogP contribution in [0.5, 0.6) is 0 Å². The molecule has 32 heavy (non-hydrogen) atoms. The number of amides is 2. The standard InChI is InChI=1S/C23H20Cl2N4O3/c1-28-12-10-26-21(28)20(30)14-4-7-16(8-5-14)27-22(31)19-3-2-11-29(19)23(32)15-6-9-17(24)18(25)13-15/h4-10,12-13,19H,2-3,11H2,1H3,(H,27,31). The van der Waals surface area contributed by atoms with Crippen LogP contribution < -0.4 is 5.32 Å². The summed E-state index contributed by atoms with van der Waals surface area (Å²) < 4.78 is 1.65. The molecule has 9 heteroatoms. The number of rotatable bonds is 5. The predicted octanol–water partition coefficient (Wildman–Crippen LogP) is 4.20. The molecular weight excluding hydrogens is 451 g/mol. The van der Waals surface area contributed by atoms with Gasteiger partial charge in [0.1, 0.15) is 6.04 Å². The Hall–Kier alpha value is -3.16. The normalized spacial score (nSPS) is 15.6. The molecule has 164 valence electrons. The van der Waals surface area contributed by atoms with Crippen LogP contribution in [-0.4, -0.2) is 44.6 Å². The van der Waals surface area contributed by atoms with Crippen molar-refractivity contribution in [3.05, 3.63) is 81.9 Å². The molecule has 1 aromatic heterocycles. The highest BCUT2D eigenvalue weighted by molar-refractivity contribution is 6.42. The number of imidazole rings is 1. The van der Waals surface area contributed by atoms with Gasteiger partial charge in [0.05, 0.1) is 10.0 Å². The van der Waals surface area contributed by atoms with Crippen molar-refractivity contribution < 1.29 is 14.4 Å². The molecule has 1 atom stereocenters. The van der Waals surface area contributed by atoms with Gasteiger partial charge in [-0.15, -0.1) is 0 Å². The average Bonchev–Trinajstić information content (AvgIpc) is 3.44. The lowest BCUT2D eigenvalue weighted by molar-refractivity contribution is -0.119. The van der Waals surface area contributed by atoms with Gasteiger partial charge in [0, 0.05) is 42.8 Å². The van der Waals surface area contributed by atoms with Gasteiger partial charge in [0.15, 0.2) is 5.82 Å². The highest BCUT2D eigenvalue weighted by Gasteiger charge is 2.34. The molecule has 1 unspecified atom stereocenters. The number of ketones is 1. The molecule has 0 radical (unpaired) electrons. The third kappa shape index (κ3) is 4.40. The Morgan fingerprint density at radius 2 is 1.75 bits per heavy atom. The lowest BCUT2D eigenvalue weighted by Gasteiger charge is -2.24. The minimum absolute atomic E-state index is 0.204. The lowest BCUT2D eigenvalue weighted by atomic mass is 10.1. The number of hydrogen-bond donors (Lipinski definition) is 1. The first-order valence-corrected chi connectivity index (χ1v) is 10.8. The highest BCUT2D eigenvalue weighted by Crippen LogP contribution is 2.26. The van der Waals surface area contributed by atoms with E-state index >= 15 is 0 Å². The quantitative estimate of drug-likeness (QED) is 0.566. The molecule has 3 aromatic rings. The van der Waals surface area contributed by atoms with E-state index < -0.39 is 6.04 Å². The maximum absolute atomic E-state index is 12.9. The molecule has 2 aromatic carbocycles. The number of anilines is 1. The monoisotopic (exact) mass is 470 g/mol. The Labute approximate surface area is 194 Å². The number of halogens is 2. The van der Waals surface area contributed by atoms with Crippen LogP contribution in [0.25, 0.3) is 0 Å². The van der Waals surface area contributed by atoms with Crippen molar-refractivity contribution in [2.45, 2.75) is 18.9 Å². The molecule has 1 saturated heterocycles. The number of carbonyl (C=O) groups is 3. The molecule has 2 amide bonds. The van der Waals surface area contributed by atoms with Crippen LogP contribution in [-0.2, 0) is 11.8 Å². The van der Waals surface area contributed by atoms with E-state index in [0.717, 1.165) is 6.42 Å². The SMILES string of the molecule is Cn1ccnc1C(=O)c1ccc(NC(=O)C2CCCN2C(=O)c2ccc(Cl)c(Cl)c2)cc1. The van der Waals surface area contributed by atoms with Crippen LogP contribution in [0.4, 0.5) is 5.69 Å². The molecule has 1 aliphatic rings. The predicted molar refractivity (Wildman–Crippen MR) is 122 cm³/mol. The first-order chi connectivity index (χ1) is 15.3. The molecular formula is C23H20Cl2N4O3. The number of likely N-dealkylation sites (tertiary alicyclic amines) is 1. The van der Waals surface area contributed by atoms with E-state index in [1.165, 1.54) is 6.07 Å². The Morgan fingerprint density at radius 1 is 1.03 bits per heavy atom. The fraction of sp³-hybridized carbons (Fsp3) is 0.217. The molecule has 0 saturated carbocycles. The van der Waals surface area contributed by atoms with Crippen LogP contribution in [0.15, 0.2) is 54.9 Å². The summed E-state index contributed by atoms with van der Waals surface area (Å²) in [6.45, 7) is 0.480. The van der Waals surface area contributed by atoms with Crippen LogP contribution in [0, 0.1) is 0 Å². The Morgan fingerprint density at radius 3 is 2.41 bits per heavy atom. The van der Waals surface area contributed by atoms with E-state index in [-0.39, 0.29) is 22.6 Å². The minimum Gasteiger partial charge on any atom is -0.331 e. The summed E-state index contributed by atoms with van der Waals surface area (Å²) in [7, 11) is 1.75. The summed E-state index contributed by atoms with van der Waals surface area (Å²) in [5.41, 5.74) is 1.39. The molecule has 2 heterocycles. The second kappa shape index (κ2) is 9.14. The van der Waals surface area contributed by atoms with E-state index in [1.54, 1.807) is 65.3 Å². The van der Waals surface area contributed by atoms with Crippen molar-refractivity contribution >= 4 is 46.5 Å². The molecule has 0 bridgehead atoms. The fourth-order valence-corrected chi connectivity index (χ4v) is 4.02. The maximum atomic E-state index is 12.9. The first kappa shape index (κ1) is 22.0. The smallest absolute Gasteiger partial charge is 0.254 e. The van der Waals surface area contributed by atoms with Crippen LogP contribution >= 0.6 is 23.2 Å². The zero-order chi connectivity index (χ0) is 22.8. The number of nitrogens with zero attached hydrogens (tertiary/aromatic N) is 3. The van der Waals surface area contributed by atoms with Crippen molar-refractivity contribution in [2.24, 2.45) is 7.05 Å². The van der Waals surface area contributed by atoms with E-state index in [0.29, 0.717) is 40.6 Å².